The van der Waals surface area contributed by atoms with Crippen LogP contribution in [0.4, 0.5) is 0 Å². The summed E-state index contributed by atoms with van der Waals surface area (Å²) in [4.78, 5) is 0. The molecule has 0 radical (unpaired) electrons. The van der Waals surface area contributed by atoms with Gasteiger partial charge in [-0.15, -0.1) is 0 Å². The summed E-state index contributed by atoms with van der Waals surface area (Å²) < 4.78 is 6.09. The predicted octanol–water partition coefficient (Wildman–Crippen LogP) is 4.38. The normalized spacial score (nSPS) is 13.8. The second-order valence-corrected chi connectivity index (χ2v) is 5.35. The van der Waals surface area contributed by atoms with E-state index in [0.29, 0.717) is 5.02 Å². The molecule has 0 spiro atoms. The van der Waals surface area contributed by atoms with Gasteiger partial charge >= 0.3 is 0 Å². The van der Waals surface area contributed by atoms with Crippen molar-refractivity contribution < 1.29 is 4.74 Å². The second-order valence-electron chi connectivity index (χ2n) is 4.91. The summed E-state index contributed by atoms with van der Waals surface area (Å²) in [6, 6.07) is 16.1. The maximum atomic E-state index is 6.09. The van der Waals surface area contributed by atoms with Gasteiger partial charge in [0.15, 0.2) is 0 Å². The maximum absolute atomic E-state index is 6.09. The van der Waals surface area contributed by atoms with Crippen LogP contribution in [0.2, 0.25) is 5.02 Å². The summed E-state index contributed by atoms with van der Waals surface area (Å²) in [5.74, 6) is 0.834. The zero-order valence-electron chi connectivity index (χ0n) is 12.1. The number of nitrogens with one attached hydrogen (secondary N) is 1. The molecule has 2 rings (SSSR count). The van der Waals surface area contributed by atoms with Crippen LogP contribution in [0, 0.1) is 6.92 Å². The first-order valence-electron chi connectivity index (χ1n) is 6.77. The Hall–Kier alpha value is -1.51. The molecule has 0 aromatic heterocycles. The molecule has 0 fully saturated rings. The zero-order chi connectivity index (χ0) is 14.5. The van der Waals surface area contributed by atoms with Gasteiger partial charge in [-0.25, -0.2) is 0 Å². The van der Waals surface area contributed by atoms with Crippen molar-refractivity contribution in [2.75, 3.05) is 7.05 Å². The fraction of sp³-hybridized carbons (Fsp3) is 0.294. The molecule has 2 aromatic carbocycles. The lowest BCUT2D eigenvalue weighted by molar-refractivity contribution is 0.174. The Bertz CT molecular complexity index is 556. The van der Waals surface area contributed by atoms with Crippen LogP contribution in [0.15, 0.2) is 48.5 Å². The van der Waals surface area contributed by atoms with Gasteiger partial charge in [-0.1, -0.05) is 48.0 Å². The molecule has 0 heterocycles. The molecule has 20 heavy (non-hydrogen) atoms. The highest BCUT2D eigenvalue weighted by Crippen LogP contribution is 2.27. The van der Waals surface area contributed by atoms with Gasteiger partial charge in [-0.3, -0.25) is 0 Å². The molecule has 3 heteroatoms. The molecule has 106 valence electrons. The van der Waals surface area contributed by atoms with E-state index in [1.807, 2.05) is 50.4 Å². The number of benzene rings is 2. The van der Waals surface area contributed by atoms with Crippen molar-refractivity contribution >= 4 is 11.6 Å². The third kappa shape index (κ3) is 3.53. The van der Waals surface area contributed by atoms with Crippen molar-refractivity contribution in [3.05, 3.63) is 64.7 Å². The molecule has 2 aromatic rings. The van der Waals surface area contributed by atoms with Gasteiger partial charge in [0, 0.05) is 5.02 Å². The molecule has 0 saturated carbocycles. The summed E-state index contributed by atoms with van der Waals surface area (Å²) in [7, 11) is 1.95. The standard InChI is InChI=1S/C17H20ClNO/c1-12-9-10-15(18)11-16(12)20-13(2)17(19-3)14-7-5-4-6-8-14/h4-11,13,17,19H,1-3H3. The van der Waals surface area contributed by atoms with Crippen molar-refractivity contribution in [2.24, 2.45) is 0 Å². The van der Waals surface area contributed by atoms with E-state index in [1.165, 1.54) is 5.56 Å². The van der Waals surface area contributed by atoms with Gasteiger partial charge in [0.25, 0.3) is 0 Å². The summed E-state index contributed by atoms with van der Waals surface area (Å²) >= 11 is 6.04. The molecule has 0 aliphatic rings. The van der Waals surface area contributed by atoms with Crippen molar-refractivity contribution in [1.82, 2.24) is 5.32 Å². The fourth-order valence-corrected chi connectivity index (χ4v) is 2.46. The van der Waals surface area contributed by atoms with Gasteiger partial charge in [0.1, 0.15) is 11.9 Å². The van der Waals surface area contributed by atoms with E-state index in [4.69, 9.17) is 16.3 Å². The minimum absolute atomic E-state index is 0.000401. The minimum Gasteiger partial charge on any atom is -0.488 e. The number of hydrogen-bond donors (Lipinski definition) is 1. The molecule has 2 unspecified atom stereocenters. The topological polar surface area (TPSA) is 21.3 Å². The van der Waals surface area contributed by atoms with Crippen LogP contribution in [-0.4, -0.2) is 13.2 Å². The first kappa shape index (κ1) is 14.9. The Morgan fingerprint density at radius 1 is 1.10 bits per heavy atom. The average molecular weight is 290 g/mol. The number of rotatable bonds is 5. The largest absolute Gasteiger partial charge is 0.488 e. The molecular weight excluding hydrogens is 270 g/mol. The van der Waals surface area contributed by atoms with Gasteiger partial charge < -0.3 is 10.1 Å². The van der Waals surface area contributed by atoms with Crippen LogP contribution in [-0.2, 0) is 0 Å². The lowest BCUT2D eigenvalue weighted by atomic mass is 10.0. The predicted molar refractivity (Wildman–Crippen MR) is 84.5 cm³/mol. The van der Waals surface area contributed by atoms with E-state index in [2.05, 4.69) is 24.4 Å². The van der Waals surface area contributed by atoms with Crippen LogP contribution < -0.4 is 10.1 Å². The first-order valence-corrected chi connectivity index (χ1v) is 7.14. The third-order valence-corrected chi connectivity index (χ3v) is 3.64. The monoisotopic (exact) mass is 289 g/mol. The van der Waals surface area contributed by atoms with Gasteiger partial charge in [-0.2, -0.15) is 0 Å². The fourth-order valence-electron chi connectivity index (χ4n) is 2.30. The van der Waals surface area contributed by atoms with Crippen LogP contribution in [0.25, 0.3) is 0 Å². The van der Waals surface area contributed by atoms with E-state index in [-0.39, 0.29) is 12.1 Å². The first-order chi connectivity index (χ1) is 9.61. The average Bonchev–Trinajstić information content (AvgIpc) is 2.45. The molecule has 2 nitrogen and oxygen atoms in total. The molecule has 1 N–H and O–H groups in total. The summed E-state index contributed by atoms with van der Waals surface area (Å²) in [6.45, 7) is 4.09. The van der Waals surface area contributed by atoms with Gasteiger partial charge in [0.2, 0.25) is 0 Å². The SMILES string of the molecule is CNC(c1ccccc1)C(C)Oc1cc(Cl)ccc1C. The van der Waals surface area contributed by atoms with Crippen LogP contribution >= 0.6 is 11.6 Å². The lowest BCUT2D eigenvalue weighted by Crippen LogP contribution is -2.31. The lowest BCUT2D eigenvalue weighted by Gasteiger charge is -2.25. The van der Waals surface area contributed by atoms with E-state index in [9.17, 15) is 0 Å². The van der Waals surface area contributed by atoms with E-state index in [1.54, 1.807) is 0 Å². The Balaban J connectivity index is 2.17. The maximum Gasteiger partial charge on any atom is 0.124 e. The Morgan fingerprint density at radius 2 is 1.80 bits per heavy atom. The molecule has 0 amide bonds. The highest BCUT2D eigenvalue weighted by molar-refractivity contribution is 6.30. The number of halogens is 1. The second kappa shape index (κ2) is 6.78. The Kier molecular flexibility index (Phi) is 5.05. The Labute approximate surface area is 125 Å². The molecule has 0 saturated heterocycles. The number of aryl methyl sites for hydroxylation is 1. The quantitative estimate of drug-likeness (QED) is 0.882. The number of hydrogen-bond acceptors (Lipinski definition) is 2. The highest BCUT2D eigenvalue weighted by atomic mass is 35.5. The van der Waals surface area contributed by atoms with Crippen molar-refractivity contribution in [2.45, 2.75) is 26.0 Å². The zero-order valence-corrected chi connectivity index (χ0v) is 12.8. The van der Waals surface area contributed by atoms with Gasteiger partial charge in [-0.05, 0) is 44.2 Å². The van der Waals surface area contributed by atoms with E-state index in [0.717, 1.165) is 11.3 Å². The summed E-state index contributed by atoms with van der Waals surface area (Å²) in [6.07, 6.45) is -0.000401. The molecule has 0 bridgehead atoms. The van der Waals surface area contributed by atoms with Crippen molar-refractivity contribution in [3.63, 3.8) is 0 Å². The van der Waals surface area contributed by atoms with Crippen LogP contribution in [0.1, 0.15) is 24.1 Å². The van der Waals surface area contributed by atoms with Crippen molar-refractivity contribution in [3.8, 4) is 5.75 Å². The van der Waals surface area contributed by atoms with Gasteiger partial charge in [0.05, 0.1) is 6.04 Å². The smallest absolute Gasteiger partial charge is 0.124 e. The molecule has 0 aliphatic carbocycles. The van der Waals surface area contributed by atoms with Crippen molar-refractivity contribution in [1.29, 1.82) is 0 Å². The van der Waals surface area contributed by atoms with E-state index < -0.39 is 0 Å². The summed E-state index contributed by atoms with van der Waals surface area (Å²) in [5.41, 5.74) is 2.30. The minimum atomic E-state index is -0.000401. The molecule has 2 atom stereocenters. The number of ether oxygens (including phenoxy) is 1. The highest BCUT2D eigenvalue weighted by Gasteiger charge is 2.19. The van der Waals surface area contributed by atoms with Crippen LogP contribution in [0.3, 0.4) is 0 Å². The molecule has 0 aliphatic heterocycles. The molecular formula is C17H20ClNO. The Morgan fingerprint density at radius 3 is 2.45 bits per heavy atom. The summed E-state index contributed by atoms with van der Waals surface area (Å²) in [5, 5.41) is 4.01. The third-order valence-electron chi connectivity index (χ3n) is 3.40. The number of likely N-dealkylation sites (N-methyl/N-ethyl adjacent to an activating group) is 1. The van der Waals surface area contributed by atoms with E-state index >= 15 is 0 Å². The van der Waals surface area contributed by atoms with Crippen LogP contribution in [0.5, 0.6) is 5.75 Å².